The standard InChI is InChI=1S/C23H26N4O3/c1-24-21(28)14-13-19-23(30)27(20-12-6-5-11-18(20)26-19)16-22(29)25-15-7-10-17-8-3-2-4-9-17/h2-6,8-9,11-12H,7,10,13-16H2,1H3,(H,24,28)(H,25,29). The minimum absolute atomic E-state index is 0.0832. The SMILES string of the molecule is CNC(=O)CCc1nc2ccccc2n(CC(=O)NCCCc2ccccc2)c1=O. The van der Waals surface area contributed by atoms with E-state index in [2.05, 4.69) is 27.8 Å². The van der Waals surface area contributed by atoms with E-state index < -0.39 is 0 Å². The maximum absolute atomic E-state index is 12.9. The Morgan fingerprint density at radius 3 is 2.47 bits per heavy atom. The quantitative estimate of drug-likeness (QED) is 0.530. The molecule has 0 radical (unpaired) electrons. The van der Waals surface area contributed by atoms with Gasteiger partial charge in [-0.15, -0.1) is 0 Å². The second-order valence-corrected chi connectivity index (χ2v) is 7.05. The van der Waals surface area contributed by atoms with Crippen molar-refractivity contribution < 1.29 is 9.59 Å². The van der Waals surface area contributed by atoms with Crippen molar-refractivity contribution in [2.24, 2.45) is 0 Å². The number of amides is 2. The normalized spacial score (nSPS) is 10.7. The van der Waals surface area contributed by atoms with Gasteiger partial charge in [0.25, 0.3) is 5.56 Å². The van der Waals surface area contributed by atoms with Crippen LogP contribution in [-0.2, 0) is 29.0 Å². The van der Waals surface area contributed by atoms with E-state index in [4.69, 9.17) is 0 Å². The molecule has 156 valence electrons. The van der Waals surface area contributed by atoms with Gasteiger partial charge in [-0.3, -0.25) is 19.0 Å². The smallest absolute Gasteiger partial charge is 0.273 e. The van der Waals surface area contributed by atoms with E-state index in [1.807, 2.05) is 30.3 Å². The molecule has 0 aliphatic rings. The van der Waals surface area contributed by atoms with Crippen LogP contribution >= 0.6 is 0 Å². The lowest BCUT2D eigenvalue weighted by molar-refractivity contribution is -0.122. The third-order valence-corrected chi connectivity index (χ3v) is 4.90. The van der Waals surface area contributed by atoms with E-state index in [0.717, 1.165) is 12.8 Å². The molecule has 2 N–H and O–H groups in total. The summed E-state index contributed by atoms with van der Waals surface area (Å²) in [5.41, 5.74) is 2.40. The number of nitrogens with zero attached hydrogens (tertiary/aromatic N) is 2. The number of carbonyl (C=O) groups is 2. The fourth-order valence-corrected chi connectivity index (χ4v) is 3.29. The van der Waals surface area contributed by atoms with E-state index in [1.165, 1.54) is 10.1 Å². The zero-order valence-electron chi connectivity index (χ0n) is 17.1. The van der Waals surface area contributed by atoms with Gasteiger partial charge in [-0.05, 0) is 30.5 Å². The largest absolute Gasteiger partial charge is 0.359 e. The summed E-state index contributed by atoms with van der Waals surface area (Å²) in [6, 6.07) is 17.3. The lowest BCUT2D eigenvalue weighted by Crippen LogP contribution is -2.35. The first-order valence-corrected chi connectivity index (χ1v) is 10.1. The molecule has 3 aromatic rings. The van der Waals surface area contributed by atoms with Crippen LogP contribution in [0.3, 0.4) is 0 Å². The van der Waals surface area contributed by atoms with E-state index in [9.17, 15) is 14.4 Å². The van der Waals surface area contributed by atoms with E-state index in [-0.39, 0.29) is 42.5 Å². The molecule has 30 heavy (non-hydrogen) atoms. The molecule has 7 heteroatoms. The highest BCUT2D eigenvalue weighted by Gasteiger charge is 2.14. The van der Waals surface area contributed by atoms with Crippen LogP contribution in [-0.4, -0.2) is 35.0 Å². The molecular weight excluding hydrogens is 380 g/mol. The van der Waals surface area contributed by atoms with Crippen LogP contribution in [0.25, 0.3) is 11.0 Å². The number of carbonyl (C=O) groups excluding carboxylic acids is 2. The van der Waals surface area contributed by atoms with Crippen LogP contribution in [0.15, 0.2) is 59.4 Å². The summed E-state index contributed by atoms with van der Waals surface area (Å²) in [4.78, 5) is 41.4. The molecule has 2 aromatic carbocycles. The molecular formula is C23H26N4O3. The second kappa shape index (κ2) is 10.3. The number of nitrogens with one attached hydrogen (secondary N) is 2. The first kappa shape index (κ1) is 21.2. The Hall–Kier alpha value is -3.48. The van der Waals surface area contributed by atoms with Crippen molar-refractivity contribution in [1.29, 1.82) is 0 Å². The van der Waals surface area contributed by atoms with Crippen LogP contribution in [0.5, 0.6) is 0 Å². The lowest BCUT2D eigenvalue weighted by Gasteiger charge is -2.12. The molecule has 0 spiro atoms. The van der Waals surface area contributed by atoms with E-state index >= 15 is 0 Å². The summed E-state index contributed by atoms with van der Waals surface area (Å²) in [7, 11) is 1.55. The number of rotatable bonds is 9. The highest BCUT2D eigenvalue weighted by atomic mass is 16.2. The monoisotopic (exact) mass is 406 g/mol. The first-order chi connectivity index (χ1) is 14.6. The fourth-order valence-electron chi connectivity index (χ4n) is 3.29. The summed E-state index contributed by atoms with van der Waals surface area (Å²) in [6.45, 7) is 0.454. The van der Waals surface area contributed by atoms with Crippen LogP contribution < -0.4 is 16.2 Å². The van der Waals surface area contributed by atoms with Gasteiger partial charge in [0.1, 0.15) is 12.2 Å². The minimum Gasteiger partial charge on any atom is -0.359 e. The fraction of sp³-hybridized carbons (Fsp3) is 0.304. The molecule has 7 nitrogen and oxygen atoms in total. The van der Waals surface area contributed by atoms with Gasteiger partial charge in [-0.1, -0.05) is 42.5 Å². The number of para-hydroxylation sites is 2. The molecule has 0 bridgehead atoms. The van der Waals surface area contributed by atoms with Crippen LogP contribution in [0, 0.1) is 0 Å². The van der Waals surface area contributed by atoms with Crippen molar-refractivity contribution in [2.45, 2.75) is 32.2 Å². The van der Waals surface area contributed by atoms with Gasteiger partial charge in [0.15, 0.2) is 0 Å². The summed E-state index contributed by atoms with van der Waals surface area (Å²) in [6.07, 6.45) is 2.09. The molecule has 1 aromatic heterocycles. The van der Waals surface area contributed by atoms with Crippen molar-refractivity contribution in [1.82, 2.24) is 20.2 Å². The number of fused-ring (bicyclic) bond motifs is 1. The maximum atomic E-state index is 12.9. The van der Waals surface area contributed by atoms with E-state index in [1.54, 1.807) is 19.2 Å². The summed E-state index contributed by atoms with van der Waals surface area (Å²) in [5, 5.41) is 5.43. The topological polar surface area (TPSA) is 93.1 Å². The van der Waals surface area contributed by atoms with Crippen molar-refractivity contribution in [3.63, 3.8) is 0 Å². The molecule has 0 fully saturated rings. The summed E-state index contributed by atoms with van der Waals surface area (Å²) >= 11 is 0. The minimum atomic E-state index is -0.336. The molecule has 0 saturated heterocycles. The molecule has 0 saturated carbocycles. The zero-order valence-corrected chi connectivity index (χ0v) is 17.1. The Morgan fingerprint density at radius 1 is 0.967 bits per heavy atom. The second-order valence-electron chi connectivity index (χ2n) is 7.05. The average Bonchev–Trinajstić information content (AvgIpc) is 2.78. The Kier molecular flexibility index (Phi) is 7.32. The molecule has 0 aliphatic heterocycles. The molecule has 0 aliphatic carbocycles. The van der Waals surface area contributed by atoms with Gasteiger partial charge < -0.3 is 10.6 Å². The van der Waals surface area contributed by atoms with Crippen molar-refractivity contribution in [3.8, 4) is 0 Å². The van der Waals surface area contributed by atoms with Gasteiger partial charge in [0, 0.05) is 26.4 Å². The van der Waals surface area contributed by atoms with Crippen molar-refractivity contribution >= 4 is 22.8 Å². The summed E-state index contributed by atoms with van der Waals surface area (Å²) in [5.74, 6) is -0.383. The average molecular weight is 406 g/mol. The molecule has 0 atom stereocenters. The van der Waals surface area contributed by atoms with Crippen LogP contribution in [0.4, 0.5) is 0 Å². The summed E-state index contributed by atoms with van der Waals surface area (Å²) < 4.78 is 1.44. The van der Waals surface area contributed by atoms with Gasteiger partial charge in [-0.2, -0.15) is 0 Å². The molecule has 2 amide bonds. The van der Waals surface area contributed by atoms with Crippen molar-refractivity contribution in [3.05, 3.63) is 76.2 Å². The Bertz CT molecular complexity index is 1080. The predicted molar refractivity (Wildman–Crippen MR) is 116 cm³/mol. The van der Waals surface area contributed by atoms with Gasteiger partial charge in [0.2, 0.25) is 11.8 Å². The number of aryl methyl sites for hydroxylation is 2. The number of aromatic nitrogens is 2. The zero-order chi connectivity index (χ0) is 21.3. The number of benzene rings is 2. The van der Waals surface area contributed by atoms with Gasteiger partial charge in [0.05, 0.1) is 11.0 Å². The third-order valence-electron chi connectivity index (χ3n) is 4.90. The predicted octanol–water partition coefficient (Wildman–Crippen LogP) is 1.82. The number of hydrogen-bond donors (Lipinski definition) is 2. The first-order valence-electron chi connectivity index (χ1n) is 10.1. The molecule has 3 rings (SSSR count). The third kappa shape index (κ3) is 5.53. The Balaban J connectivity index is 1.69. The lowest BCUT2D eigenvalue weighted by atomic mass is 10.1. The van der Waals surface area contributed by atoms with Crippen molar-refractivity contribution in [2.75, 3.05) is 13.6 Å². The molecule has 0 unspecified atom stereocenters. The molecule has 1 heterocycles. The highest BCUT2D eigenvalue weighted by Crippen LogP contribution is 2.11. The van der Waals surface area contributed by atoms with Crippen LogP contribution in [0.2, 0.25) is 0 Å². The van der Waals surface area contributed by atoms with Gasteiger partial charge in [-0.25, -0.2) is 4.98 Å². The van der Waals surface area contributed by atoms with Gasteiger partial charge >= 0.3 is 0 Å². The Morgan fingerprint density at radius 2 is 1.70 bits per heavy atom. The number of hydrogen-bond acceptors (Lipinski definition) is 4. The van der Waals surface area contributed by atoms with E-state index in [0.29, 0.717) is 17.6 Å². The van der Waals surface area contributed by atoms with Crippen LogP contribution in [0.1, 0.15) is 24.1 Å². The Labute approximate surface area is 175 Å². The maximum Gasteiger partial charge on any atom is 0.273 e. The highest BCUT2D eigenvalue weighted by molar-refractivity contribution is 5.80.